The van der Waals surface area contributed by atoms with Crippen LogP contribution >= 0.6 is 11.8 Å². The summed E-state index contributed by atoms with van der Waals surface area (Å²) in [6.45, 7) is 0. The van der Waals surface area contributed by atoms with Gasteiger partial charge in [-0.25, -0.2) is 9.78 Å². The first-order valence-corrected chi connectivity index (χ1v) is 6.55. The molecule has 1 saturated heterocycles. The van der Waals surface area contributed by atoms with Gasteiger partial charge in [0.1, 0.15) is 5.52 Å². The molecule has 1 unspecified atom stereocenters. The van der Waals surface area contributed by atoms with E-state index in [4.69, 9.17) is 9.52 Å². The summed E-state index contributed by atoms with van der Waals surface area (Å²) in [4.78, 5) is 15.4. The molecular formula is C12H11NO3S. The van der Waals surface area contributed by atoms with E-state index in [1.165, 1.54) is 6.42 Å². The van der Waals surface area contributed by atoms with Crippen LogP contribution in [0.2, 0.25) is 0 Å². The van der Waals surface area contributed by atoms with E-state index in [2.05, 4.69) is 4.98 Å². The van der Waals surface area contributed by atoms with Crippen molar-refractivity contribution in [2.24, 2.45) is 0 Å². The van der Waals surface area contributed by atoms with Crippen molar-refractivity contribution in [3.8, 4) is 0 Å². The molecule has 1 aliphatic rings. The zero-order chi connectivity index (χ0) is 11.8. The van der Waals surface area contributed by atoms with E-state index in [9.17, 15) is 4.79 Å². The summed E-state index contributed by atoms with van der Waals surface area (Å²) in [6.07, 6.45) is 2.22. The number of hydrogen-bond acceptors (Lipinski definition) is 4. The third kappa shape index (κ3) is 1.80. The number of carboxylic acid groups (broad SMARTS) is 1. The smallest absolute Gasteiger partial charge is 0.338 e. The second-order valence-corrected chi connectivity index (χ2v) is 5.32. The van der Waals surface area contributed by atoms with Crippen LogP contribution in [0.15, 0.2) is 22.6 Å². The molecule has 0 aliphatic carbocycles. The fraction of sp³-hybridized carbons (Fsp3) is 0.333. The summed E-state index contributed by atoms with van der Waals surface area (Å²) >= 11 is 1.82. The highest BCUT2D eigenvalue weighted by Gasteiger charge is 2.24. The largest absolute Gasteiger partial charge is 0.478 e. The van der Waals surface area contributed by atoms with E-state index < -0.39 is 5.97 Å². The van der Waals surface area contributed by atoms with E-state index in [1.54, 1.807) is 18.2 Å². The Morgan fingerprint density at radius 1 is 1.53 bits per heavy atom. The number of carboxylic acids is 1. The van der Waals surface area contributed by atoms with Crippen LogP contribution in [-0.2, 0) is 0 Å². The Kier molecular flexibility index (Phi) is 2.55. The lowest BCUT2D eigenvalue weighted by molar-refractivity contribution is 0.0699. The van der Waals surface area contributed by atoms with E-state index in [0.717, 1.165) is 12.2 Å². The molecule has 3 rings (SSSR count). The van der Waals surface area contributed by atoms with Crippen molar-refractivity contribution in [1.29, 1.82) is 0 Å². The van der Waals surface area contributed by atoms with Crippen molar-refractivity contribution in [3.05, 3.63) is 29.7 Å². The van der Waals surface area contributed by atoms with Crippen LogP contribution in [0.4, 0.5) is 0 Å². The second kappa shape index (κ2) is 4.07. The van der Waals surface area contributed by atoms with E-state index in [0.29, 0.717) is 17.0 Å². The molecule has 1 aromatic carbocycles. The number of fused-ring (bicyclic) bond motifs is 1. The van der Waals surface area contributed by atoms with Crippen molar-refractivity contribution in [3.63, 3.8) is 0 Å². The Morgan fingerprint density at radius 2 is 2.41 bits per heavy atom. The monoisotopic (exact) mass is 249 g/mol. The topological polar surface area (TPSA) is 63.3 Å². The predicted octanol–water partition coefficient (Wildman–Crippen LogP) is 3.09. The Balaban J connectivity index is 2.11. The van der Waals surface area contributed by atoms with Crippen LogP contribution < -0.4 is 0 Å². The number of thioether (sulfide) groups is 1. The van der Waals surface area contributed by atoms with Crippen LogP contribution in [-0.4, -0.2) is 21.8 Å². The van der Waals surface area contributed by atoms with Gasteiger partial charge in [-0.05, 0) is 30.7 Å². The van der Waals surface area contributed by atoms with Gasteiger partial charge in [-0.15, -0.1) is 11.8 Å². The molecule has 17 heavy (non-hydrogen) atoms. The molecule has 1 N–H and O–H groups in total. The molecular weight excluding hydrogens is 238 g/mol. The summed E-state index contributed by atoms with van der Waals surface area (Å²) in [5.74, 6) is 0.820. The van der Waals surface area contributed by atoms with Crippen molar-refractivity contribution in [1.82, 2.24) is 4.98 Å². The first kappa shape index (κ1) is 10.7. The number of para-hydroxylation sites is 1. The summed E-state index contributed by atoms with van der Waals surface area (Å²) in [5, 5.41) is 9.35. The fourth-order valence-corrected chi connectivity index (χ4v) is 3.24. The number of hydrogen-bond donors (Lipinski definition) is 1. The normalized spacial score (nSPS) is 19.9. The average Bonchev–Trinajstić information content (AvgIpc) is 2.96. The summed E-state index contributed by atoms with van der Waals surface area (Å²) < 4.78 is 5.65. The molecule has 0 radical (unpaired) electrons. The second-order valence-electron chi connectivity index (χ2n) is 4.01. The summed E-state index contributed by atoms with van der Waals surface area (Å²) in [7, 11) is 0. The van der Waals surface area contributed by atoms with Gasteiger partial charge in [0.15, 0.2) is 5.58 Å². The molecule has 5 heteroatoms. The third-order valence-electron chi connectivity index (χ3n) is 2.87. The molecule has 2 heterocycles. The summed E-state index contributed by atoms with van der Waals surface area (Å²) in [6, 6.07) is 5.00. The van der Waals surface area contributed by atoms with Crippen LogP contribution in [0.1, 0.15) is 34.3 Å². The van der Waals surface area contributed by atoms with Gasteiger partial charge in [-0.1, -0.05) is 6.07 Å². The van der Waals surface area contributed by atoms with Gasteiger partial charge >= 0.3 is 5.97 Å². The average molecular weight is 249 g/mol. The highest BCUT2D eigenvalue weighted by Crippen LogP contribution is 2.40. The highest BCUT2D eigenvalue weighted by molar-refractivity contribution is 7.99. The van der Waals surface area contributed by atoms with Crippen molar-refractivity contribution in [2.75, 3.05) is 5.75 Å². The Labute approximate surface area is 102 Å². The summed E-state index contributed by atoms with van der Waals surface area (Å²) in [5.41, 5.74) is 1.23. The molecule has 0 amide bonds. The molecule has 1 atom stereocenters. The van der Waals surface area contributed by atoms with Gasteiger partial charge in [0, 0.05) is 0 Å². The minimum absolute atomic E-state index is 0.209. The van der Waals surface area contributed by atoms with Gasteiger partial charge in [0.25, 0.3) is 0 Å². The molecule has 0 saturated carbocycles. The molecule has 0 bridgehead atoms. The van der Waals surface area contributed by atoms with Crippen molar-refractivity contribution < 1.29 is 14.3 Å². The Hall–Kier alpha value is -1.49. The molecule has 2 aromatic rings. The minimum atomic E-state index is -0.963. The van der Waals surface area contributed by atoms with Gasteiger partial charge in [0.05, 0.1) is 10.8 Å². The quantitative estimate of drug-likeness (QED) is 0.886. The number of nitrogens with zero attached hydrogens (tertiary/aromatic N) is 1. The number of carbonyl (C=O) groups is 1. The maximum atomic E-state index is 11.1. The third-order valence-corrected chi connectivity index (χ3v) is 4.24. The first-order valence-electron chi connectivity index (χ1n) is 5.50. The fourth-order valence-electron chi connectivity index (χ4n) is 2.05. The molecule has 4 nitrogen and oxygen atoms in total. The van der Waals surface area contributed by atoms with E-state index in [1.807, 2.05) is 11.8 Å². The van der Waals surface area contributed by atoms with Crippen LogP contribution in [0.5, 0.6) is 0 Å². The van der Waals surface area contributed by atoms with Crippen LogP contribution in [0, 0.1) is 0 Å². The van der Waals surface area contributed by atoms with Gasteiger partial charge in [-0.2, -0.15) is 0 Å². The molecule has 1 fully saturated rings. The number of aromatic carboxylic acids is 1. The number of benzene rings is 1. The molecule has 1 aromatic heterocycles. The number of aromatic nitrogens is 1. The molecule has 0 spiro atoms. The molecule has 88 valence electrons. The lowest BCUT2D eigenvalue weighted by Crippen LogP contribution is -1.97. The Bertz CT molecular complexity index is 572. The first-order chi connectivity index (χ1) is 8.25. The zero-order valence-corrected chi connectivity index (χ0v) is 9.87. The Morgan fingerprint density at radius 3 is 3.12 bits per heavy atom. The van der Waals surface area contributed by atoms with Gasteiger partial charge < -0.3 is 9.52 Å². The highest BCUT2D eigenvalue weighted by atomic mass is 32.2. The van der Waals surface area contributed by atoms with Crippen molar-refractivity contribution in [2.45, 2.75) is 18.1 Å². The van der Waals surface area contributed by atoms with E-state index >= 15 is 0 Å². The van der Waals surface area contributed by atoms with Gasteiger partial charge in [0.2, 0.25) is 5.89 Å². The minimum Gasteiger partial charge on any atom is -0.478 e. The van der Waals surface area contributed by atoms with E-state index in [-0.39, 0.29) is 10.8 Å². The lowest BCUT2D eigenvalue weighted by Gasteiger charge is -2.00. The maximum Gasteiger partial charge on any atom is 0.338 e. The maximum absolute atomic E-state index is 11.1. The number of oxazole rings is 1. The van der Waals surface area contributed by atoms with Crippen molar-refractivity contribution >= 4 is 28.8 Å². The van der Waals surface area contributed by atoms with Gasteiger partial charge in [-0.3, -0.25) is 0 Å². The van der Waals surface area contributed by atoms with Crippen LogP contribution in [0.3, 0.4) is 0 Å². The SMILES string of the molecule is O=C(O)c1cccc2oc(C3CCCS3)nc12. The number of rotatable bonds is 2. The predicted molar refractivity (Wildman–Crippen MR) is 65.4 cm³/mol. The lowest BCUT2D eigenvalue weighted by atomic mass is 10.2. The molecule has 1 aliphatic heterocycles. The van der Waals surface area contributed by atoms with Crippen LogP contribution in [0.25, 0.3) is 11.1 Å². The zero-order valence-electron chi connectivity index (χ0n) is 9.05. The standard InChI is InChI=1S/C12H11NO3S/c14-12(15)7-3-1-4-8-10(7)13-11(16-8)9-5-2-6-17-9/h1,3-4,9H,2,5-6H2,(H,14,15).